The molecule has 0 saturated carbocycles. The number of hydrogen-bond acceptors (Lipinski definition) is 4. The lowest BCUT2D eigenvalue weighted by molar-refractivity contribution is -0.126. The summed E-state index contributed by atoms with van der Waals surface area (Å²) >= 11 is 0. The summed E-state index contributed by atoms with van der Waals surface area (Å²) in [6.45, 7) is -0.757. The number of benzene rings is 1. The first kappa shape index (κ1) is 14.4. The fourth-order valence-electron chi connectivity index (χ4n) is 1.64. The molecule has 0 radical (unpaired) electrons. The van der Waals surface area contributed by atoms with Crippen LogP contribution in [0.2, 0.25) is 0 Å². The summed E-state index contributed by atoms with van der Waals surface area (Å²) in [5.74, 6) is 0.507. The average Bonchev–Trinajstić information content (AvgIpc) is 2.37. The zero-order valence-corrected chi connectivity index (χ0v) is 10.4. The third-order valence-electron chi connectivity index (χ3n) is 2.44. The maximum atomic E-state index is 11.9. The molecule has 2 N–H and O–H groups in total. The number of carbonyl (C=O) groups is 1. The Hall–Kier alpha value is -1.96. The second-order valence-electron chi connectivity index (χ2n) is 4.13. The number of carbonyl (C=O) groups excluding carboxylic acids is 1. The smallest absolute Gasteiger partial charge is 0.401 e. The number of fused-ring (bicyclic) bond motifs is 1. The van der Waals surface area contributed by atoms with E-state index in [-0.39, 0.29) is 0 Å². The van der Waals surface area contributed by atoms with Crippen molar-refractivity contribution >= 4 is 11.6 Å². The largest absolute Gasteiger partial charge is 0.486 e. The summed E-state index contributed by atoms with van der Waals surface area (Å²) in [6, 6.07) is 4.79. The second-order valence-corrected chi connectivity index (χ2v) is 4.13. The highest BCUT2D eigenvalue weighted by Crippen LogP contribution is 2.32. The van der Waals surface area contributed by atoms with Crippen molar-refractivity contribution in [1.29, 1.82) is 0 Å². The van der Waals surface area contributed by atoms with E-state index >= 15 is 0 Å². The van der Waals surface area contributed by atoms with Crippen LogP contribution in [0.4, 0.5) is 18.9 Å². The van der Waals surface area contributed by atoms with Gasteiger partial charge in [0.2, 0.25) is 5.91 Å². The van der Waals surface area contributed by atoms with Crippen molar-refractivity contribution in [3.63, 3.8) is 0 Å². The third kappa shape index (κ3) is 4.30. The van der Waals surface area contributed by atoms with E-state index in [2.05, 4.69) is 5.32 Å². The molecule has 1 aliphatic heterocycles. The molecule has 8 heteroatoms. The molecule has 1 aromatic rings. The van der Waals surface area contributed by atoms with Gasteiger partial charge < -0.3 is 20.1 Å². The monoisotopic (exact) mass is 290 g/mol. The van der Waals surface area contributed by atoms with Crippen LogP contribution >= 0.6 is 0 Å². The fraction of sp³-hybridized carbons (Fsp3) is 0.417. The van der Waals surface area contributed by atoms with E-state index in [0.29, 0.717) is 30.4 Å². The lowest BCUT2D eigenvalue weighted by Crippen LogP contribution is -2.35. The van der Waals surface area contributed by atoms with E-state index < -0.39 is 25.2 Å². The highest BCUT2D eigenvalue weighted by molar-refractivity contribution is 5.92. The number of anilines is 1. The summed E-state index contributed by atoms with van der Waals surface area (Å²) in [6.07, 6.45) is -4.34. The molecule has 0 bridgehead atoms. The molecule has 20 heavy (non-hydrogen) atoms. The van der Waals surface area contributed by atoms with Gasteiger partial charge in [0, 0.05) is 11.8 Å². The average molecular weight is 290 g/mol. The number of nitrogens with one attached hydrogen (secondary N) is 2. The minimum atomic E-state index is -4.34. The maximum Gasteiger partial charge on any atom is 0.401 e. The SMILES string of the molecule is O=C(CNCC(F)(F)F)Nc1ccc2c(c1)OCCO2. The van der Waals surface area contributed by atoms with Crippen LogP contribution in [0.1, 0.15) is 0 Å². The van der Waals surface area contributed by atoms with Gasteiger partial charge in [-0.3, -0.25) is 4.79 Å². The molecule has 5 nitrogen and oxygen atoms in total. The van der Waals surface area contributed by atoms with Gasteiger partial charge in [-0.25, -0.2) is 0 Å². The van der Waals surface area contributed by atoms with Crippen LogP contribution in [0.25, 0.3) is 0 Å². The van der Waals surface area contributed by atoms with Crippen LogP contribution < -0.4 is 20.1 Å². The predicted octanol–water partition coefficient (Wildman–Crippen LogP) is 1.55. The van der Waals surface area contributed by atoms with Crippen molar-refractivity contribution in [3.8, 4) is 11.5 Å². The number of rotatable bonds is 4. The minimum absolute atomic E-state index is 0.414. The molecule has 0 fully saturated rings. The highest BCUT2D eigenvalue weighted by Gasteiger charge is 2.26. The normalized spacial score (nSPS) is 13.9. The van der Waals surface area contributed by atoms with Crippen LogP contribution in [0, 0.1) is 0 Å². The summed E-state index contributed by atoms with van der Waals surface area (Å²) < 4.78 is 46.3. The Morgan fingerprint density at radius 2 is 1.90 bits per heavy atom. The Balaban J connectivity index is 1.85. The van der Waals surface area contributed by atoms with Crippen LogP contribution in [-0.2, 0) is 4.79 Å². The van der Waals surface area contributed by atoms with Gasteiger partial charge in [0.25, 0.3) is 0 Å². The van der Waals surface area contributed by atoms with Crippen molar-refractivity contribution < 1.29 is 27.4 Å². The van der Waals surface area contributed by atoms with Gasteiger partial charge in [0.1, 0.15) is 13.2 Å². The van der Waals surface area contributed by atoms with E-state index in [4.69, 9.17) is 9.47 Å². The molecule has 1 amide bonds. The first-order chi connectivity index (χ1) is 9.44. The van der Waals surface area contributed by atoms with E-state index in [9.17, 15) is 18.0 Å². The summed E-state index contributed by atoms with van der Waals surface area (Å²) in [5.41, 5.74) is 0.438. The quantitative estimate of drug-likeness (QED) is 0.883. The Morgan fingerprint density at radius 3 is 2.60 bits per heavy atom. The molecule has 110 valence electrons. The first-order valence-electron chi connectivity index (χ1n) is 5.91. The van der Waals surface area contributed by atoms with E-state index in [1.165, 1.54) is 0 Å². The number of halogens is 3. The van der Waals surface area contributed by atoms with Gasteiger partial charge in [-0.1, -0.05) is 0 Å². The molecular weight excluding hydrogens is 277 g/mol. The Kier molecular flexibility index (Phi) is 4.33. The molecule has 0 aromatic heterocycles. The second kappa shape index (κ2) is 6.00. The molecule has 1 heterocycles. The summed E-state index contributed by atoms with van der Waals surface area (Å²) in [7, 11) is 0. The van der Waals surface area contributed by atoms with Gasteiger partial charge in [0.05, 0.1) is 13.1 Å². The van der Waals surface area contributed by atoms with Gasteiger partial charge in [-0.2, -0.15) is 13.2 Å². The molecule has 1 aliphatic rings. The first-order valence-corrected chi connectivity index (χ1v) is 5.91. The van der Waals surface area contributed by atoms with Gasteiger partial charge >= 0.3 is 6.18 Å². The van der Waals surface area contributed by atoms with Gasteiger partial charge in [-0.05, 0) is 12.1 Å². The zero-order chi connectivity index (χ0) is 14.6. The molecular formula is C12H13F3N2O3. The molecule has 1 aromatic carbocycles. The van der Waals surface area contributed by atoms with Crippen molar-refractivity contribution in [1.82, 2.24) is 5.32 Å². The van der Waals surface area contributed by atoms with Gasteiger partial charge in [0.15, 0.2) is 11.5 Å². The summed E-state index contributed by atoms with van der Waals surface area (Å²) in [4.78, 5) is 11.5. The topological polar surface area (TPSA) is 59.6 Å². The predicted molar refractivity (Wildman–Crippen MR) is 65.0 cm³/mol. The van der Waals surface area contributed by atoms with Crippen molar-refractivity contribution in [2.45, 2.75) is 6.18 Å². The Bertz CT molecular complexity index is 491. The fourth-order valence-corrected chi connectivity index (χ4v) is 1.64. The third-order valence-corrected chi connectivity index (χ3v) is 2.44. The van der Waals surface area contributed by atoms with Crippen LogP contribution in [0.15, 0.2) is 18.2 Å². The van der Waals surface area contributed by atoms with E-state index in [1.54, 1.807) is 18.2 Å². The standard InChI is InChI=1S/C12H13F3N2O3/c13-12(14,15)7-16-6-11(18)17-8-1-2-9-10(5-8)20-4-3-19-9/h1-2,5,16H,3-4,6-7H2,(H,17,18). The van der Waals surface area contributed by atoms with Crippen LogP contribution in [0.5, 0.6) is 11.5 Å². The molecule has 0 aliphatic carbocycles. The number of alkyl halides is 3. The highest BCUT2D eigenvalue weighted by atomic mass is 19.4. The van der Waals surface area contributed by atoms with Crippen molar-refractivity contribution in [2.75, 3.05) is 31.6 Å². The number of amides is 1. The Labute approximate surface area is 113 Å². The molecule has 2 rings (SSSR count). The molecule has 0 unspecified atom stereocenters. The van der Waals surface area contributed by atoms with Crippen LogP contribution in [-0.4, -0.2) is 38.4 Å². The van der Waals surface area contributed by atoms with Crippen molar-refractivity contribution in [3.05, 3.63) is 18.2 Å². The van der Waals surface area contributed by atoms with Crippen LogP contribution in [0.3, 0.4) is 0 Å². The number of ether oxygens (including phenoxy) is 2. The molecule has 0 spiro atoms. The van der Waals surface area contributed by atoms with Crippen molar-refractivity contribution in [2.24, 2.45) is 0 Å². The Morgan fingerprint density at radius 1 is 1.20 bits per heavy atom. The lowest BCUT2D eigenvalue weighted by atomic mass is 10.2. The molecule has 0 atom stereocenters. The van der Waals surface area contributed by atoms with E-state index in [1.807, 2.05) is 5.32 Å². The zero-order valence-electron chi connectivity index (χ0n) is 10.4. The number of hydrogen-bond donors (Lipinski definition) is 2. The maximum absolute atomic E-state index is 11.9. The molecule has 0 saturated heterocycles. The lowest BCUT2D eigenvalue weighted by Gasteiger charge is -2.19. The van der Waals surface area contributed by atoms with E-state index in [0.717, 1.165) is 0 Å². The minimum Gasteiger partial charge on any atom is -0.486 e. The summed E-state index contributed by atoms with van der Waals surface area (Å²) in [5, 5.41) is 4.49. The van der Waals surface area contributed by atoms with Gasteiger partial charge in [-0.15, -0.1) is 0 Å².